The maximum absolute atomic E-state index is 13.4. The molecule has 28 heavy (non-hydrogen) atoms. The number of hydrogen-bond donors (Lipinski definition) is 0. The Morgan fingerprint density at radius 1 is 1.21 bits per heavy atom. The molecular weight excluding hydrogens is 380 g/mol. The molecule has 7 nitrogen and oxygen atoms in total. The van der Waals surface area contributed by atoms with Gasteiger partial charge < -0.3 is 4.74 Å². The summed E-state index contributed by atoms with van der Waals surface area (Å²) in [6.45, 7) is 3.70. The molecule has 1 fully saturated rings. The second-order valence-electron chi connectivity index (χ2n) is 7.18. The van der Waals surface area contributed by atoms with E-state index in [4.69, 9.17) is 4.74 Å². The lowest BCUT2D eigenvalue weighted by Gasteiger charge is -2.28. The zero-order valence-electron chi connectivity index (χ0n) is 16.2. The number of nitro benzene ring substituents is 1. The van der Waals surface area contributed by atoms with E-state index in [1.54, 1.807) is 26.2 Å². The van der Waals surface area contributed by atoms with Crippen LogP contribution in [0.3, 0.4) is 0 Å². The fourth-order valence-electron chi connectivity index (χ4n) is 3.25. The van der Waals surface area contributed by atoms with Gasteiger partial charge in [-0.15, -0.1) is 0 Å². The third-order valence-electron chi connectivity index (χ3n) is 5.24. The first-order valence-corrected chi connectivity index (χ1v) is 10.6. The van der Waals surface area contributed by atoms with Crippen molar-refractivity contribution in [2.45, 2.75) is 44.2 Å². The smallest absolute Gasteiger partial charge is 0.273 e. The van der Waals surface area contributed by atoms with E-state index in [0.717, 1.165) is 24.5 Å². The number of hydrogen-bond acceptors (Lipinski definition) is 5. The lowest BCUT2D eigenvalue weighted by molar-refractivity contribution is -0.385. The van der Waals surface area contributed by atoms with Crippen LogP contribution in [-0.4, -0.2) is 30.8 Å². The minimum absolute atomic E-state index is 0.0502. The number of nitrogens with zero attached hydrogens (tertiary/aromatic N) is 2. The summed E-state index contributed by atoms with van der Waals surface area (Å²) in [7, 11) is -2.32. The SMILES string of the molecule is COc1ccc(CN([C@@H](C)C2CC2)S(=O)(=O)c2ccc(C)c([N+](=O)[O-])c2)cc1. The Bertz CT molecular complexity index is 969. The highest BCUT2D eigenvalue weighted by molar-refractivity contribution is 7.89. The van der Waals surface area contributed by atoms with Crippen LogP contribution in [-0.2, 0) is 16.6 Å². The second-order valence-corrected chi connectivity index (χ2v) is 9.07. The fraction of sp³-hybridized carbons (Fsp3) is 0.400. The molecule has 0 saturated heterocycles. The average Bonchev–Trinajstić information content (AvgIpc) is 3.51. The number of rotatable bonds is 8. The van der Waals surface area contributed by atoms with Gasteiger partial charge in [-0.25, -0.2) is 8.42 Å². The minimum atomic E-state index is -3.89. The Labute approximate surface area is 165 Å². The van der Waals surface area contributed by atoms with Crippen LogP contribution >= 0.6 is 0 Å². The highest BCUT2D eigenvalue weighted by atomic mass is 32.2. The van der Waals surface area contributed by atoms with Crippen LogP contribution in [0.4, 0.5) is 5.69 Å². The first-order chi connectivity index (χ1) is 13.2. The number of ether oxygens (including phenoxy) is 1. The van der Waals surface area contributed by atoms with Crippen LogP contribution in [0.15, 0.2) is 47.4 Å². The first-order valence-electron chi connectivity index (χ1n) is 9.14. The topological polar surface area (TPSA) is 89.8 Å². The molecule has 1 saturated carbocycles. The van der Waals surface area contributed by atoms with Crippen molar-refractivity contribution in [1.29, 1.82) is 0 Å². The molecule has 0 bridgehead atoms. The summed E-state index contributed by atoms with van der Waals surface area (Å²) in [6.07, 6.45) is 1.98. The van der Waals surface area contributed by atoms with Gasteiger partial charge in [-0.3, -0.25) is 10.1 Å². The highest BCUT2D eigenvalue weighted by Gasteiger charge is 2.38. The molecule has 2 aromatic rings. The highest BCUT2D eigenvalue weighted by Crippen LogP contribution is 2.38. The standard InChI is InChI=1S/C20H24N2O5S/c1-14-4-11-19(12-20(14)22(23)24)28(25,26)21(15(2)17-7-8-17)13-16-5-9-18(27-3)10-6-16/h4-6,9-12,15,17H,7-8,13H2,1-3H3/t15-/m0/s1. The van der Waals surface area contributed by atoms with Gasteiger partial charge in [0.2, 0.25) is 10.0 Å². The Morgan fingerprint density at radius 3 is 2.39 bits per heavy atom. The van der Waals surface area contributed by atoms with Crippen molar-refractivity contribution in [3.05, 3.63) is 63.7 Å². The Balaban J connectivity index is 1.98. The van der Waals surface area contributed by atoms with E-state index in [1.807, 2.05) is 19.1 Å². The minimum Gasteiger partial charge on any atom is -0.497 e. The number of aryl methyl sites for hydroxylation is 1. The molecule has 1 aliphatic carbocycles. The van der Waals surface area contributed by atoms with Crippen LogP contribution in [0.1, 0.15) is 30.9 Å². The molecule has 0 unspecified atom stereocenters. The van der Waals surface area contributed by atoms with Crippen LogP contribution in [0.2, 0.25) is 0 Å². The third-order valence-corrected chi connectivity index (χ3v) is 7.17. The maximum atomic E-state index is 13.4. The van der Waals surface area contributed by atoms with E-state index in [1.165, 1.54) is 16.4 Å². The monoisotopic (exact) mass is 404 g/mol. The summed E-state index contributed by atoms with van der Waals surface area (Å²) < 4.78 is 33.4. The van der Waals surface area contributed by atoms with Crippen LogP contribution < -0.4 is 4.74 Å². The van der Waals surface area contributed by atoms with Gasteiger partial charge in [-0.1, -0.05) is 18.2 Å². The second kappa shape index (κ2) is 7.89. The lowest BCUT2D eigenvalue weighted by Crippen LogP contribution is -2.39. The molecule has 0 radical (unpaired) electrons. The Morgan fingerprint density at radius 2 is 1.86 bits per heavy atom. The quantitative estimate of drug-likeness (QED) is 0.492. The predicted octanol–water partition coefficient (Wildman–Crippen LogP) is 3.90. The van der Waals surface area contributed by atoms with Crippen molar-refractivity contribution >= 4 is 15.7 Å². The predicted molar refractivity (Wildman–Crippen MR) is 106 cm³/mol. The average molecular weight is 404 g/mol. The number of benzene rings is 2. The lowest BCUT2D eigenvalue weighted by atomic mass is 10.1. The van der Waals surface area contributed by atoms with E-state index in [2.05, 4.69) is 0 Å². The molecule has 0 N–H and O–H groups in total. The molecule has 8 heteroatoms. The third kappa shape index (κ3) is 4.18. The molecule has 1 aliphatic rings. The summed E-state index contributed by atoms with van der Waals surface area (Å²) in [5.41, 5.74) is 1.07. The van der Waals surface area contributed by atoms with Crippen molar-refractivity contribution in [3.63, 3.8) is 0 Å². The molecule has 0 amide bonds. The summed E-state index contributed by atoms with van der Waals surface area (Å²) in [5, 5.41) is 11.3. The van der Waals surface area contributed by atoms with Gasteiger partial charge in [0.25, 0.3) is 5.69 Å². The largest absolute Gasteiger partial charge is 0.497 e. The van der Waals surface area contributed by atoms with Gasteiger partial charge in [0, 0.05) is 24.2 Å². The maximum Gasteiger partial charge on any atom is 0.273 e. The molecule has 0 spiro atoms. The van der Waals surface area contributed by atoms with E-state index in [-0.39, 0.29) is 23.2 Å². The van der Waals surface area contributed by atoms with E-state index < -0.39 is 14.9 Å². The van der Waals surface area contributed by atoms with Gasteiger partial charge in [-0.05, 0) is 56.4 Å². The summed E-state index contributed by atoms with van der Waals surface area (Å²) in [6, 6.07) is 11.1. The summed E-state index contributed by atoms with van der Waals surface area (Å²) >= 11 is 0. The Hall–Kier alpha value is -2.45. The van der Waals surface area contributed by atoms with Gasteiger partial charge in [-0.2, -0.15) is 4.31 Å². The molecule has 150 valence electrons. The van der Waals surface area contributed by atoms with Crippen molar-refractivity contribution in [2.75, 3.05) is 7.11 Å². The van der Waals surface area contributed by atoms with Gasteiger partial charge >= 0.3 is 0 Å². The molecule has 3 rings (SSSR count). The molecule has 2 aromatic carbocycles. The van der Waals surface area contributed by atoms with Crippen molar-refractivity contribution in [2.24, 2.45) is 5.92 Å². The number of sulfonamides is 1. The van der Waals surface area contributed by atoms with Gasteiger partial charge in [0.1, 0.15) is 5.75 Å². The van der Waals surface area contributed by atoms with E-state index >= 15 is 0 Å². The molecule has 0 heterocycles. The Kier molecular flexibility index (Phi) is 5.71. The zero-order chi connectivity index (χ0) is 20.5. The molecular formula is C20H24N2O5S. The van der Waals surface area contributed by atoms with Gasteiger partial charge in [0.15, 0.2) is 0 Å². The van der Waals surface area contributed by atoms with Crippen molar-refractivity contribution < 1.29 is 18.1 Å². The normalized spacial score (nSPS) is 15.4. The number of nitro groups is 1. The molecule has 1 atom stereocenters. The van der Waals surface area contributed by atoms with Crippen LogP contribution in [0.25, 0.3) is 0 Å². The molecule has 0 aromatic heterocycles. The molecule has 0 aliphatic heterocycles. The number of methoxy groups -OCH3 is 1. The van der Waals surface area contributed by atoms with E-state index in [0.29, 0.717) is 17.2 Å². The fourth-order valence-corrected chi connectivity index (χ4v) is 4.95. The van der Waals surface area contributed by atoms with Crippen LogP contribution in [0, 0.1) is 23.0 Å². The van der Waals surface area contributed by atoms with E-state index in [9.17, 15) is 18.5 Å². The first kappa shape index (κ1) is 20.3. The summed E-state index contributed by atoms with van der Waals surface area (Å²) in [5.74, 6) is 1.01. The van der Waals surface area contributed by atoms with Gasteiger partial charge in [0.05, 0.1) is 16.9 Å². The van der Waals surface area contributed by atoms with Crippen LogP contribution in [0.5, 0.6) is 5.75 Å². The summed E-state index contributed by atoms with van der Waals surface area (Å²) in [4.78, 5) is 10.7. The van der Waals surface area contributed by atoms with Crippen molar-refractivity contribution in [3.8, 4) is 5.75 Å². The van der Waals surface area contributed by atoms with Crippen molar-refractivity contribution in [1.82, 2.24) is 4.31 Å². The zero-order valence-corrected chi connectivity index (χ0v) is 17.0.